The van der Waals surface area contributed by atoms with Crippen LogP contribution in [0.25, 0.3) is 0 Å². The zero-order valence-electron chi connectivity index (χ0n) is 10.1. The number of oxime groups is 1. The Morgan fingerprint density at radius 1 is 1.42 bits per heavy atom. The molecule has 0 fully saturated rings. The monoisotopic (exact) mass is 275 g/mol. The number of carboxylic acids is 1. The Balaban J connectivity index is 2.69. The molecule has 0 radical (unpaired) electrons. The molecule has 0 spiro atoms. The smallest absolute Gasteiger partial charge is 0.416 e. The van der Waals surface area contributed by atoms with Gasteiger partial charge in [-0.15, -0.1) is 0 Å². The Morgan fingerprint density at radius 2 is 2.11 bits per heavy atom. The fourth-order valence-corrected chi connectivity index (χ4v) is 1.38. The van der Waals surface area contributed by atoms with E-state index in [1.54, 1.807) is 6.92 Å². The predicted octanol–water partition coefficient (Wildman–Crippen LogP) is 2.73. The van der Waals surface area contributed by atoms with E-state index in [0.717, 1.165) is 12.1 Å². The number of benzene rings is 1. The largest absolute Gasteiger partial charge is 0.479 e. The fourth-order valence-electron chi connectivity index (χ4n) is 1.38. The zero-order valence-corrected chi connectivity index (χ0v) is 10.1. The number of carboxylic acid groups (broad SMARTS) is 1. The molecule has 0 unspecified atom stereocenters. The first-order valence-electron chi connectivity index (χ1n) is 5.32. The zero-order chi connectivity index (χ0) is 14.5. The molecule has 0 saturated carbocycles. The molecule has 0 heterocycles. The lowest BCUT2D eigenvalue weighted by Crippen LogP contribution is -2.08. The van der Waals surface area contributed by atoms with Gasteiger partial charge in [-0.05, 0) is 18.6 Å². The molecule has 7 heteroatoms. The standard InChI is InChI=1S/C12H12F3NO3/c1-8(16-19-7-11(17)18)5-9-3-2-4-10(6-9)12(13,14)15/h2-4,6H,5,7H2,1H3,(H,17,18)/b16-8-. The van der Waals surface area contributed by atoms with Crippen LogP contribution in [-0.4, -0.2) is 23.4 Å². The second kappa shape index (κ2) is 6.21. The molecule has 0 saturated heterocycles. The maximum atomic E-state index is 12.5. The van der Waals surface area contributed by atoms with Crippen molar-refractivity contribution in [3.8, 4) is 0 Å². The first kappa shape index (κ1) is 15.0. The summed E-state index contributed by atoms with van der Waals surface area (Å²) in [6, 6.07) is 4.85. The number of hydrogen-bond donors (Lipinski definition) is 1. The van der Waals surface area contributed by atoms with Crippen molar-refractivity contribution in [3.63, 3.8) is 0 Å². The van der Waals surface area contributed by atoms with Crippen LogP contribution in [0.4, 0.5) is 13.2 Å². The molecule has 1 N–H and O–H groups in total. The van der Waals surface area contributed by atoms with E-state index >= 15 is 0 Å². The van der Waals surface area contributed by atoms with E-state index in [0.29, 0.717) is 11.3 Å². The third-order valence-electron chi connectivity index (χ3n) is 2.12. The van der Waals surface area contributed by atoms with Gasteiger partial charge < -0.3 is 9.94 Å². The van der Waals surface area contributed by atoms with Crippen LogP contribution >= 0.6 is 0 Å². The van der Waals surface area contributed by atoms with E-state index in [1.807, 2.05) is 0 Å². The number of hydrogen-bond acceptors (Lipinski definition) is 3. The maximum Gasteiger partial charge on any atom is 0.416 e. The predicted molar refractivity (Wildman–Crippen MR) is 61.8 cm³/mol. The van der Waals surface area contributed by atoms with Crippen LogP contribution in [0.1, 0.15) is 18.1 Å². The van der Waals surface area contributed by atoms with Gasteiger partial charge in [-0.3, -0.25) is 0 Å². The van der Waals surface area contributed by atoms with Crippen LogP contribution in [0, 0.1) is 0 Å². The van der Waals surface area contributed by atoms with Gasteiger partial charge in [0.1, 0.15) is 0 Å². The normalized spacial score (nSPS) is 12.3. The lowest BCUT2D eigenvalue weighted by atomic mass is 10.1. The van der Waals surface area contributed by atoms with Crippen molar-refractivity contribution in [3.05, 3.63) is 35.4 Å². The summed E-state index contributed by atoms with van der Waals surface area (Å²) in [6.45, 7) is 0.960. The minimum absolute atomic E-state index is 0.156. The summed E-state index contributed by atoms with van der Waals surface area (Å²) in [6.07, 6.45) is -4.23. The third kappa shape index (κ3) is 5.41. The van der Waals surface area contributed by atoms with Crippen molar-refractivity contribution in [2.75, 3.05) is 6.61 Å². The van der Waals surface area contributed by atoms with Gasteiger partial charge in [0, 0.05) is 6.42 Å². The van der Waals surface area contributed by atoms with Gasteiger partial charge in [-0.25, -0.2) is 4.79 Å². The number of nitrogens with zero attached hydrogens (tertiary/aromatic N) is 1. The Labute approximate surface area is 107 Å². The molecule has 0 aliphatic carbocycles. The molecule has 0 aromatic heterocycles. The summed E-state index contributed by atoms with van der Waals surface area (Å²) < 4.78 is 37.4. The van der Waals surface area contributed by atoms with E-state index in [2.05, 4.69) is 9.99 Å². The number of alkyl halides is 3. The lowest BCUT2D eigenvalue weighted by molar-refractivity contribution is -0.142. The fraction of sp³-hybridized carbons (Fsp3) is 0.333. The second-order valence-electron chi connectivity index (χ2n) is 3.87. The van der Waals surface area contributed by atoms with Crippen LogP contribution in [-0.2, 0) is 22.2 Å². The van der Waals surface area contributed by atoms with Gasteiger partial charge in [0.15, 0.2) is 0 Å². The highest BCUT2D eigenvalue weighted by Gasteiger charge is 2.30. The summed E-state index contributed by atoms with van der Waals surface area (Å²) in [4.78, 5) is 14.7. The average molecular weight is 275 g/mol. The van der Waals surface area contributed by atoms with E-state index in [4.69, 9.17) is 5.11 Å². The SMILES string of the molecule is C/C(Cc1cccc(C(F)(F)F)c1)=N/OCC(=O)O. The molecule has 1 rings (SSSR count). The highest BCUT2D eigenvalue weighted by atomic mass is 19.4. The van der Waals surface area contributed by atoms with Crippen LogP contribution in [0.5, 0.6) is 0 Å². The van der Waals surface area contributed by atoms with Gasteiger partial charge in [0.05, 0.1) is 11.3 Å². The minimum Gasteiger partial charge on any atom is -0.479 e. The number of rotatable bonds is 5. The third-order valence-corrected chi connectivity index (χ3v) is 2.12. The highest BCUT2D eigenvalue weighted by molar-refractivity contribution is 5.83. The summed E-state index contributed by atoms with van der Waals surface area (Å²) in [7, 11) is 0. The summed E-state index contributed by atoms with van der Waals surface area (Å²) in [5.74, 6) is -1.17. The summed E-state index contributed by atoms with van der Waals surface area (Å²) >= 11 is 0. The van der Waals surface area contributed by atoms with Crippen LogP contribution in [0.2, 0.25) is 0 Å². The van der Waals surface area contributed by atoms with E-state index in [1.165, 1.54) is 12.1 Å². The van der Waals surface area contributed by atoms with Crippen molar-refractivity contribution in [2.45, 2.75) is 19.5 Å². The molecule has 1 aromatic carbocycles. The van der Waals surface area contributed by atoms with Crippen LogP contribution < -0.4 is 0 Å². The van der Waals surface area contributed by atoms with Gasteiger partial charge in [-0.1, -0.05) is 23.4 Å². The second-order valence-corrected chi connectivity index (χ2v) is 3.87. The van der Waals surface area contributed by atoms with Gasteiger partial charge in [0.2, 0.25) is 6.61 Å². The molecule has 0 aliphatic heterocycles. The van der Waals surface area contributed by atoms with E-state index in [-0.39, 0.29) is 6.42 Å². The molecule has 104 valence electrons. The van der Waals surface area contributed by atoms with E-state index in [9.17, 15) is 18.0 Å². The first-order chi connectivity index (χ1) is 8.79. The van der Waals surface area contributed by atoms with Crippen LogP contribution in [0.3, 0.4) is 0 Å². The minimum atomic E-state index is -4.39. The molecular formula is C12H12F3NO3. The summed E-state index contributed by atoms with van der Waals surface area (Å²) in [5.41, 5.74) is 0.0832. The first-order valence-corrected chi connectivity index (χ1v) is 5.32. The molecule has 0 atom stereocenters. The Hall–Kier alpha value is -2.05. The topological polar surface area (TPSA) is 58.9 Å². The summed E-state index contributed by atoms with van der Waals surface area (Å²) in [5, 5.41) is 11.8. The van der Waals surface area contributed by atoms with Crippen molar-refractivity contribution in [1.82, 2.24) is 0 Å². The van der Waals surface area contributed by atoms with Gasteiger partial charge in [0.25, 0.3) is 0 Å². The van der Waals surface area contributed by atoms with Crippen molar-refractivity contribution >= 4 is 11.7 Å². The van der Waals surface area contributed by atoms with E-state index < -0.39 is 24.3 Å². The van der Waals surface area contributed by atoms with Gasteiger partial charge in [-0.2, -0.15) is 13.2 Å². The maximum absolute atomic E-state index is 12.5. The Bertz CT molecular complexity index is 483. The molecule has 0 amide bonds. The molecule has 1 aromatic rings. The molecule has 0 bridgehead atoms. The van der Waals surface area contributed by atoms with Crippen molar-refractivity contribution in [2.24, 2.45) is 5.16 Å². The molecular weight excluding hydrogens is 263 g/mol. The molecule has 19 heavy (non-hydrogen) atoms. The Morgan fingerprint density at radius 3 is 2.68 bits per heavy atom. The number of halogens is 3. The van der Waals surface area contributed by atoms with Crippen molar-refractivity contribution < 1.29 is 27.9 Å². The lowest BCUT2D eigenvalue weighted by Gasteiger charge is -2.08. The number of carbonyl (C=O) groups is 1. The van der Waals surface area contributed by atoms with Gasteiger partial charge >= 0.3 is 12.1 Å². The Kier molecular flexibility index (Phi) is 4.91. The molecule has 0 aliphatic rings. The van der Waals surface area contributed by atoms with Crippen molar-refractivity contribution in [1.29, 1.82) is 0 Å². The highest BCUT2D eigenvalue weighted by Crippen LogP contribution is 2.29. The van der Waals surface area contributed by atoms with Crippen LogP contribution in [0.15, 0.2) is 29.4 Å². The average Bonchev–Trinajstić information content (AvgIpc) is 2.27. The quantitative estimate of drug-likeness (QED) is 0.664. The number of aliphatic carboxylic acids is 1. The molecule has 4 nitrogen and oxygen atoms in total.